The molecular formula is C25H32N4O4. The zero-order valence-corrected chi connectivity index (χ0v) is 19.3. The summed E-state index contributed by atoms with van der Waals surface area (Å²) >= 11 is 0. The highest BCUT2D eigenvalue weighted by Gasteiger charge is 2.26. The van der Waals surface area contributed by atoms with Crippen LogP contribution in [-0.4, -0.2) is 70.3 Å². The number of nitrogens with zero attached hydrogens (tertiary/aromatic N) is 2. The number of amides is 2. The summed E-state index contributed by atoms with van der Waals surface area (Å²) in [6.07, 6.45) is 2.19. The van der Waals surface area contributed by atoms with Crippen LogP contribution in [0.3, 0.4) is 0 Å². The van der Waals surface area contributed by atoms with Crippen molar-refractivity contribution in [2.45, 2.75) is 18.9 Å². The maximum atomic E-state index is 12.6. The molecule has 176 valence electrons. The fourth-order valence-corrected chi connectivity index (χ4v) is 4.56. The Labute approximate surface area is 194 Å². The minimum atomic E-state index is -0.715. The summed E-state index contributed by atoms with van der Waals surface area (Å²) in [4.78, 5) is 29.7. The molecule has 0 aromatic heterocycles. The molecule has 33 heavy (non-hydrogen) atoms. The Morgan fingerprint density at radius 2 is 1.88 bits per heavy atom. The van der Waals surface area contributed by atoms with Gasteiger partial charge < -0.3 is 25.0 Å². The molecule has 0 radical (unpaired) electrons. The van der Waals surface area contributed by atoms with Crippen LogP contribution in [0.5, 0.6) is 5.75 Å². The van der Waals surface area contributed by atoms with Gasteiger partial charge in [0.15, 0.2) is 0 Å². The summed E-state index contributed by atoms with van der Waals surface area (Å²) in [6, 6.07) is 13.5. The Balaban J connectivity index is 1.47. The quantitative estimate of drug-likeness (QED) is 0.654. The van der Waals surface area contributed by atoms with Crippen LogP contribution in [0.15, 0.2) is 42.5 Å². The Bertz CT molecular complexity index is 990. The van der Waals surface area contributed by atoms with Crippen LogP contribution >= 0.6 is 0 Å². The molecule has 2 aliphatic rings. The zero-order valence-electron chi connectivity index (χ0n) is 19.3. The van der Waals surface area contributed by atoms with Gasteiger partial charge in [-0.15, -0.1) is 0 Å². The number of carbonyl (C=O) groups excluding carboxylic acids is 2. The van der Waals surface area contributed by atoms with Crippen LogP contribution < -0.4 is 20.3 Å². The lowest BCUT2D eigenvalue weighted by Crippen LogP contribution is -2.45. The molecule has 1 atom stereocenters. The lowest BCUT2D eigenvalue weighted by Gasteiger charge is -2.36. The van der Waals surface area contributed by atoms with Gasteiger partial charge in [-0.05, 0) is 42.2 Å². The second-order valence-electron chi connectivity index (χ2n) is 8.44. The Hall–Kier alpha value is -3.10. The molecule has 2 aliphatic heterocycles. The van der Waals surface area contributed by atoms with Crippen molar-refractivity contribution in [3.8, 4) is 5.75 Å². The van der Waals surface area contributed by atoms with Gasteiger partial charge in [-0.3, -0.25) is 14.5 Å². The minimum absolute atomic E-state index is 0.0329. The number of aryl methyl sites for hydroxylation is 1. The molecule has 0 unspecified atom stereocenters. The van der Waals surface area contributed by atoms with E-state index < -0.39 is 11.8 Å². The van der Waals surface area contributed by atoms with Gasteiger partial charge >= 0.3 is 11.8 Å². The van der Waals surface area contributed by atoms with E-state index in [0.29, 0.717) is 31.2 Å². The second kappa shape index (κ2) is 10.7. The molecule has 8 heteroatoms. The highest BCUT2D eigenvalue weighted by Crippen LogP contribution is 2.31. The average molecular weight is 453 g/mol. The van der Waals surface area contributed by atoms with E-state index in [9.17, 15) is 9.59 Å². The van der Waals surface area contributed by atoms with Crippen molar-refractivity contribution >= 4 is 23.2 Å². The third-order valence-corrected chi connectivity index (χ3v) is 6.34. The van der Waals surface area contributed by atoms with E-state index in [4.69, 9.17) is 9.47 Å². The zero-order chi connectivity index (χ0) is 23.2. The van der Waals surface area contributed by atoms with Gasteiger partial charge in [0.25, 0.3) is 0 Å². The largest absolute Gasteiger partial charge is 0.495 e. The molecule has 2 heterocycles. The highest BCUT2D eigenvalue weighted by molar-refractivity contribution is 6.39. The lowest BCUT2D eigenvalue weighted by molar-refractivity contribution is -0.136. The van der Waals surface area contributed by atoms with Gasteiger partial charge in [0.1, 0.15) is 5.75 Å². The van der Waals surface area contributed by atoms with Gasteiger partial charge in [-0.2, -0.15) is 0 Å². The van der Waals surface area contributed by atoms with Crippen molar-refractivity contribution in [2.75, 3.05) is 63.8 Å². The topological polar surface area (TPSA) is 83.1 Å². The van der Waals surface area contributed by atoms with Gasteiger partial charge in [-0.25, -0.2) is 0 Å². The monoisotopic (exact) mass is 452 g/mol. The van der Waals surface area contributed by atoms with E-state index in [0.717, 1.165) is 38.0 Å². The maximum Gasteiger partial charge on any atom is 0.313 e. The van der Waals surface area contributed by atoms with E-state index >= 15 is 0 Å². The number of benzene rings is 2. The fourth-order valence-electron chi connectivity index (χ4n) is 4.56. The molecule has 2 amide bonds. The number of para-hydroxylation sites is 2. The Morgan fingerprint density at radius 3 is 2.67 bits per heavy atom. The Kier molecular flexibility index (Phi) is 7.47. The van der Waals surface area contributed by atoms with E-state index in [2.05, 4.69) is 45.7 Å². The molecular weight excluding hydrogens is 420 g/mol. The normalized spacial score (nSPS) is 17.1. The number of ether oxygens (including phenoxy) is 2. The average Bonchev–Trinajstić information content (AvgIpc) is 2.85. The van der Waals surface area contributed by atoms with Crippen LogP contribution in [0.1, 0.15) is 23.6 Å². The van der Waals surface area contributed by atoms with Crippen molar-refractivity contribution in [1.29, 1.82) is 0 Å². The molecule has 2 aromatic rings. The molecule has 0 aliphatic carbocycles. The van der Waals surface area contributed by atoms with Crippen molar-refractivity contribution < 1.29 is 19.1 Å². The number of methoxy groups -OCH3 is 1. The van der Waals surface area contributed by atoms with E-state index in [-0.39, 0.29) is 6.04 Å². The third-order valence-electron chi connectivity index (χ3n) is 6.34. The number of rotatable bonds is 6. The smallest absolute Gasteiger partial charge is 0.313 e. The van der Waals surface area contributed by atoms with E-state index in [1.807, 2.05) is 0 Å². The second-order valence-corrected chi connectivity index (χ2v) is 8.44. The maximum absolute atomic E-state index is 12.6. The van der Waals surface area contributed by atoms with Crippen LogP contribution in [0.4, 0.5) is 11.4 Å². The van der Waals surface area contributed by atoms with Gasteiger partial charge in [0, 0.05) is 38.9 Å². The van der Waals surface area contributed by atoms with Gasteiger partial charge in [-0.1, -0.05) is 24.3 Å². The number of fused-ring (bicyclic) bond motifs is 1. The van der Waals surface area contributed by atoms with Crippen LogP contribution in [-0.2, 0) is 20.7 Å². The minimum Gasteiger partial charge on any atom is -0.495 e. The van der Waals surface area contributed by atoms with Crippen molar-refractivity contribution in [2.24, 2.45) is 0 Å². The molecule has 0 bridgehead atoms. The molecule has 1 saturated heterocycles. The number of carbonyl (C=O) groups is 2. The number of morpholine rings is 1. The molecule has 4 rings (SSSR count). The summed E-state index contributed by atoms with van der Waals surface area (Å²) in [5.74, 6) is -0.881. The van der Waals surface area contributed by atoms with Crippen LogP contribution in [0, 0.1) is 0 Å². The Morgan fingerprint density at radius 1 is 1.09 bits per heavy atom. The SMILES string of the molecule is COc1ccccc1NC(=O)C(=O)NC[C@@H](c1ccc2c(c1)CCCN2C)N1CCOCC1. The predicted molar refractivity (Wildman–Crippen MR) is 128 cm³/mol. The van der Waals surface area contributed by atoms with Crippen molar-refractivity contribution in [1.82, 2.24) is 10.2 Å². The first-order valence-electron chi connectivity index (χ1n) is 11.4. The van der Waals surface area contributed by atoms with Gasteiger partial charge in [0.2, 0.25) is 0 Å². The summed E-state index contributed by atoms with van der Waals surface area (Å²) in [5, 5.41) is 5.48. The first-order valence-corrected chi connectivity index (χ1v) is 11.4. The van der Waals surface area contributed by atoms with E-state index in [1.165, 1.54) is 18.4 Å². The highest BCUT2D eigenvalue weighted by atomic mass is 16.5. The van der Waals surface area contributed by atoms with Crippen LogP contribution in [0.2, 0.25) is 0 Å². The molecule has 0 spiro atoms. The van der Waals surface area contributed by atoms with Crippen LogP contribution in [0.25, 0.3) is 0 Å². The lowest BCUT2D eigenvalue weighted by atomic mass is 9.95. The number of nitrogens with one attached hydrogen (secondary N) is 2. The first-order chi connectivity index (χ1) is 16.1. The molecule has 2 N–H and O–H groups in total. The fraction of sp³-hybridized carbons (Fsp3) is 0.440. The summed E-state index contributed by atoms with van der Waals surface area (Å²) in [7, 11) is 3.64. The predicted octanol–water partition coefficient (Wildman–Crippen LogP) is 2.21. The number of hydrogen-bond acceptors (Lipinski definition) is 6. The molecule has 1 fully saturated rings. The van der Waals surface area contributed by atoms with Gasteiger partial charge in [0.05, 0.1) is 32.1 Å². The van der Waals surface area contributed by atoms with Crippen molar-refractivity contribution in [3.63, 3.8) is 0 Å². The third kappa shape index (κ3) is 5.46. The standard InChI is InChI=1S/C25H32N4O4/c1-28-11-5-6-18-16-19(9-10-21(18)28)22(29-12-14-33-15-13-29)17-26-24(30)25(31)27-20-7-3-4-8-23(20)32-2/h3-4,7-10,16,22H,5-6,11-15,17H2,1-2H3,(H,26,30)(H,27,31)/t22-/m0/s1. The summed E-state index contributed by atoms with van der Waals surface area (Å²) in [6.45, 7) is 4.29. The molecule has 2 aromatic carbocycles. The number of anilines is 2. The van der Waals surface area contributed by atoms with E-state index in [1.54, 1.807) is 24.3 Å². The summed E-state index contributed by atoms with van der Waals surface area (Å²) in [5.41, 5.74) is 4.21. The molecule has 0 saturated carbocycles. The first kappa shape index (κ1) is 23.1. The summed E-state index contributed by atoms with van der Waals surface area (Å²) < 4.78 is 10.8. The molecule has 8 nitrogen and oxygen atoms in total. The van der Waals surface area contributed by atoms with Crippen molar-refractivity contribution in [3.05, 3.63) is 53.6 Å². The number of hydrogen-bond donors (Lipinski definition) is 2.